The standard InChI is InChI=1S/C10H17N3S/c1-4-6-7-9-11-8(5-2)12-10(13-9)14-3/h4-7H2,1-3H3. The first-order chi connectivity index (χ1) is 6.80. The second-order valence-electron chi connectivity index (χ2n) is 3.11. The van der Waals surface area contributed by atoms with Gasteiger partial charge in [-0.1, -0.05) is 32.0 Å². The highest BCUT2D eigenvalue weighted by Gasteiger charge is 2.03. The molecule has 3 nitrogen and oxygen atoms in total. The van der Waals surface area contributed by atoms with E-state index in [9.17, 15) is 0 Å². The summed E-state index contributed by atoms with van der Waals surface area (Å²) in [7, 11) is 0. The number of aromatic nitrogens is 3. The molecule has 0 saturated carbocycles. The summed E-state index contributed by atoms with van der Waals surface area (Å²) in [6, 6.07) is 0. The molecule has 0 N–H and O–H groups in total. The van der Waals surface area contributed by atoms with Crippen LogP contribution in [0.4, 0.5) is 0 Å². The van der Waals surface area contributed by atoms with Crippen LogP contribution in [0.1, 0.15) is 38.3 Å². The summed E-state index contributed by atoms with van der Waals surface area (Å²) >= 11 is 1.58. The number of hydrogen-bond donors (Lipinski definition) is 0. The van der Waals surface area contributed by atoms with Crippen LogP contribution in [0.3, 0.4) is 0 Å². The van der Waals surface area contributed by atoms with Crippen molar-refractivity contribution in [3.05, 3.63) is 11.6 Å². The first-order valence-corrected chi connectivity index (χ1v) is 6.30. The fourth-order valence-electron chi connectivity index (χ4n) is 1.14. The molecular weight excluding hydrogens is 194 g/mol. The molecule has 0 spiro atoms. The molecule has 1 rings (SSSR count). The molecule has 1 aromatic rings. The SMILES string of the molecule is CCCCc1nc(CC)nc(SC)n1. The van der Waals surface area contributed by atoms with Gasteiger partial charge >= 0.3 is 0 Å². The van der Waals surface area contributed by atoms with Crippen LogP contribution >= 0.6 is 11.8 Å². The van der Waals surface area contributed by atoms with E-state index in [2.05, 4.69) is 28.8 Å². The average molecular weight is 211 g/mol. The van der Waals surface area contributed by atoms with Crippen molar-refractivity contribution in [1.29, 1.82) is 0 Å². The smallest absolute Gasteiger partial charge is 0.190 e. The third-order valence-corrected chi connectivity index (χ3v) is 2.51. The van der Waals surface area contributed by atoms with Gasteiger partial charge in [0, 0.05) is 12.8 Å². The summed E-state index contributed by atoms with van der Waals surface area (Å²) in [5, 5.41) is 0.850. The van der Waals surface area contributed by atoms with Gasteiger partial charge in [-0.25, -0.2) is 15.0 Å². The van der Waals surface area contributed by atoms with Crippen LogP contribution in [0.25, 0.3) is 0 Å². The highest BCUT2D eigenvalue weighted by atomic mass is 32.2. The Labute approximate surface area is 89.8 Å². The lowest BCUT2D eigenvalue weighted by molar-refractivity contribution is 0.698. The largest absolute Gasteiger partial charge is 0.218 e. The van der Waals surface area contributed by atoms with E-state index in [1.165, 1.54) is 6.42 Å². The van der Waals surface area contributed by atoms with E-state index in [1.54, 1.807) is 11.8 Å². The van der Waals surface area contributed by atoms with E-state index in [0.717, 1.165) is 36.1 Å². The van der Waals surface area contributed by atoms with Crippen LogP contribution < -0.4 is 0 Å². The van der Waals surface area contributed by atoms with Gasteiger partial charge in [0.15, 0.2) is 5.16 Å². The minimum absolute atomic E-state index is 0.850. The second kappa shape index (κ2) is 5.96. The molecule has 4 heteroatoms. The van der Waals surface area contributed by atoms with Crippen molar-refractivity contribution in [3.8, 4) is 0 Å². The normalized spacial score (nSPS) is 10.5. The summed E-state index contributed by atoms with van der Waals surface area (Å²) in [6.45, 7) is 4.25. The average Bonchev–Trinajstić information content (AvgIpc) is 2.25. The third-order valence-electron chi connectivity index (χ3n) is 1.96. The Hall–Kier alpha value is -0.640. The molecule has 0 aromatic carbocycles. The minimum Gasteiger partial charge on any atom is -0.218 e. The van der Waals surface area contributed by atoms with Crippen LogP contribution in [0.15, 0.2) is 5.16 Å². The van der Waals surface area contributed by atoms with Gasteiger partial charge in [0.1, 0.15) is 11.6 Å². The monoisotopic (exact) mass is 211 g/mol. The molecule has 1 heterocycles. The molecule has 0 unspecified atom stereocenters. The minimum atomic E-state index is 0.850. The molecule has 0 aliphatic rings. The van der Waals surface area contributed by atoms with Crippen LogP contribution in [0.5, 0.6) is 0 Å². The molecule has 14 heavy (non-hydrogen) atoms. The van der Waals surface area contributed by atoms with Crippen molar-refractivity contribution in [3.63, 3.8) is 0 Å². The van der Waals surface area contributed by atoms with Crippen molar-refractivity contribution in [1.82, 2.24) is 15.0 Å². The van der Waals surface area contributed by atoms with Crippen LogP contribution in [-0.2, 0) is 12.8 Å². The van der Waals surface area contributed by atoms with Gasteiger partial charge in [-0.15, -0.1) is 0 Å². The maximum absolute atomic E-state index is 4.40. The van der Waals surface area contributed by atoms with E-state index in [-0.39, 0.29) is 0 Å². The van der Waals surface area contributed by atoms with Gasteiger partial charge in [-0.05, 0) is 12.7 Å². The molecule has 0 aliphatic carbocycles. The second-order valence-corrected chi connectivity index (χ2v) is 3.89. The van der Waals surface area contributed by atoms with Gasteiger partial charge in [0.2, 0.25) is 0 Å². The highest BCUT2D eigenvalue weighted by molar-refractivity contribution is 7.98. The number of nitrogens with zero attached hydrogens (tertiary/aromatic N) is 3. The molecule has 0 radical (unpaired) electrons. The highest BCUT2D eigenvalue weighted by Crippen LogP contribution is 2.10. The van der Waals surface area contributed by atoms with E-state index in [4.69, 9.17) is 0 Å². The number of aryl methyl sites for hydroxylation is 2. The van der Waals surface area contributed by atoms with Gasteiger partial charge in [-0.2, -0.15) is 0 Å². The van der Waals surface area contributed by atoms with Gasteiger partial charge < -0.3 is 0 Å². The van der Waals surface area contributed by atoms with Crippen LogP contribution in [-0.4, -0.2) is 21.2 Å². The third kappa shape index (κ3) is 3.25. The topological polar surface area (TPSA) is 38.7 Å². The molecule has 0 amide bonds. The molecule has 0 fully saturated rings. The Balaban J connectivity index is 2.81. The molecule has 0 saturated heterocycles. The maximum Gasteiger partial charge on any atom is 0.190 e. The zero-order valence-corrected chi connectivity index (χ0v) is 9.89. The predicted molar refractivity (Wildman–Crippen MR) is 59.6 cm³/mol. The molecule has 0 bridgehead atoms. The number of rotatable bonds is 5. The van der Waals surface area contributed by atoms with Gasteiger partial charge in [0.25, 0.3) is 0 Å². The molecular formula is C10H17N3S. The summed E-state index contributed by atoms with van der Waals surface area (Å²) in [6.07, 6.45) is 6.19. The summed E-state index contributed by atoms with van der Waals surface area (Å²) < 4.78 is 0. The lowest BCUT2D eigenvalue weighted by Crippen LogP contribution is -2.04. The Kier molecular flexibility index (Phi) is 4.87. The molecule has 0 atom stereocenters. The quantitative estimate of drug-likeness (QED) is 0.701. The Bertz CT molecular complexity index is 266. The lowest BCUT2D eigenvalue weighted by Gasteiger charge is -2.03. The van der Waals surface area contributed by atoms with Crippen molar-refractivity contribution >= 4 is 11.8 Å². The van der Waals surface area contributed by atoms with Crippen LogP contribution in [0.2, 0.25) is 0 Å². The Morgan fingerprint density at radius 2 is 1.79 bits per heavy atom. The molecule has 1 aromatic heterocycles. The van der Waals surface area contributed by atoms with Crippen molar-refractivity contribution < 1.29 is 0 Å². The zero-order chi connectivity index (χ0) is 10.4. The zero-order valence-electron chi connectivity index (χ0n) is 9.08. The summed E-state index contributed by atoms with van der Waals surface area (Å²) in [4.78, 5) is 13.1. The first-order valence-electron chi connectivity index (χ1n) is 5.08. The van der Waals surface area contributed by atoms with Crippen molar-refractivity contribution in [2.45, 2.75) is 44.7 Å². The van der Waals surface area contributed by atoms with E-state index in [1.807, 2.05) is 6.26 Å². The fourth-order valence-corrected chi connectivity index (χ4v) is 1.53. The molecule has 0 aliphatic heterocycles. The number of hydrogen-bond acceptors (Lipinski definition) is 4. The van der Waals surface area contributed by atoms with Gasteiger partial charge in [-0.3, -0.25) is 0 Å². The predicted octanol–water partition coefficient (Wildman–Crippen LogP) is 2.50. The number of unbranched alkanes of at least 4 members (excludes halogenated alkanes) is 1. The van der Waals surface area contributed by atoms with E-state index in [0.29, 0.717) is 0 Å². The van der Waals surface area contributed by atoms with E-state index >= 15 is 0 Å². The Morgan fingerprint density at radius 3 is 2.36 bits per heavy atom. The first kappa shape index (κ1) is 11.4. The fraction of sp³-hybridized carbons (Fsp3) is 0.700. The molecule has 78 valence electrons. The maximum atomic E-state index is 4.40. The van der Waals surface area contributed by atoms with Crippen molar-refractivity contribution in [2.75, 3.05) is 6.26 Å². The summed E-state index contributed by atoms with van der Waals surface area (Å²) in [5.41, 5.74) is 0. The van der Waals surface area contributed by atoms with Crippen molar-refractivity contribution in [2.24, 2.45) is 0 Å². The van der Waals surface area contributed by atoms with Crippen LogP contribution in [0, 0.1) is 0 Å². The van der Waals surface area contributed by atoms with Gasteiger partial charge in [0.05, 0.1) is 0 Å². The van der Waals surface area contributed by atoms with E-state index < -0.39 is 0 Å². The number of thioether (sulfide) groups is 1. The Morgan fingerprint density at radius 1 is 1.07 bits per heavy atom. The lowest BCUT2D eigenvalue weighted by atomic mass is 10.2. The summed E-state index contributed by atoms with van der Waals surface area (Å²) in [5.74, 6) is 1.86.